The molecule has 1 amide bonds. The normalized spacial score (nSPS) is 18.6. The Morgan fingerprint density at radius 1 is 0.926 bits per heavy atom. The first-order valence-electron chi connectivity index (χ1n) is 10.0. The van der Waals surface area contributed by atoms with Gasteiger partial charge in [-0.2, -0.15) is 0 Å². The number of piperidine rings is 1. The molecule has 0 atom stereocenters. The Kier molecular flexibility index (Phi) is 5.85. The molecule has 4 rings (SSSR count). The van der Waals surface area contributed by atoms with Crippen molar-refractivity contribution in [3.63, 3.8) is 0 Å². The third-order valence-electron chi connectivity index (χ3n) is 5.54. The average Bonchev–Trinajstić information content (AvgIpc) is 3.56. The molecular formula is C23H28N2O2. The van der Waals surface area contributed by atoms with Crippen LogP contribution >= 0.6 is 0 Å². The van der Waals surface area contributed by atoms with Crippen molar-refractivity contribution < 1.29 is 9.53 Å². The Morgan fingerprint density at radius 2 is 1.48 bits per heavy atom. The standard InChI is InChI=1S/C23H28N2O2/c26-22(24-20-13-15-25(16-14-20)21-11-12-21)17-27-23(18-7-3-1-4-8-18)19-9-5-2-6-10-19/h1-10,20-21,23H,11-17H2,(H,24,26). The first-order valence-corrected chi connectivity index (χ1v) is 10.0. The summed E-state index contributed by atoms with van der Waals surface area (Å²) in [6.07, 6.45) is 4.57. The van der Waals surface area contributed by atoms with E-state index in [9.17, 15) is 4.79 Å². The van der Waals surface area contributed by atoms with E-state index in [2.05, 4.69) is 10.2 Å². The number of ether oxygens (including phenoxy) is 1. The predicted molar refractivity (Wildman–Crippen MR) is 106 cm³/mol. The van der Waals surface area contributed by atoms with Crippen molar-refractivity contribution >= 4 is 5.91 Å². The van der Waals surface area contributed by atoms with Crippen LogP contribution in [0, 0.1) is 0 Å². The molecule has 2 aromatic carbocycles. The Morgan fingerprint density at radius 3 is 2.00 bits per heavy atom. The van der Waals surface area contributed by atoms with Gasteiger partial charge in [0.15, 0.2) is 0 Å². The second-order valence-corrected chi connectivity index (χ2v) is 7.62. The van der Waals surface area contributed by atoms with Gasteiger partial charge < -0.3 is 15.0 Å². The summed E-state index contributed by atoms with van der Waals surface area (Å²) < 4.78 is 6.06. The lowest BCUT2D eigenvalue weighted by Crippen LogP contribution is -2.46. The Balaban J connectivity index is 1.31. The fraction of sp³-hybridized carbons (Fsp3) is 0.435. The van der Waals surface area contributed by atoms with Gasteiger partial charge in [-0.3, -0.25) is 4.79 Å². The minimum Gasteiger partial charge on any atom is -0.359 e. The molecule has 0 aromatic heterocycles. The van der Waals surface area contributed by atoms with Gasteiger partial charge in [0.1, 0.15) is 12.7 Å². The summed E-state index contributed by atoms with van der Waals surface area (Å²) in [5.41, 5.74) is 2.13. The number of nitrogens with zero attached hydrogens (tertiary/aromatic N) is 1. The monoisotopic (exact) mass is 364 g/mol. The van der Waals surface area contributed by atoms with Gasteiger partial charge in [0, 0.05) is 25.2 Å². The number of carbonyl (C=O) groups excluding carboxylic acids is 1. The van der Waals surface area contributed by atoms with Crippen molar-refractivity contribution in [2.24, 2.45) is 0 Å². The number of benzene rings is 2. The summed E-state index contributed by atoms with van der Waals surface area (Å²) in [5, 5.41) is 3.17. The molecule has 2 aromatic rings. The van der Waals surface area contributed by atoms with E-state index in [4.69, 9.17) is 4.74 Å². The molecule has 1 saturated heterocycles. The number of hydrogen-bond donors (Lipinski definition) is 1. The van der Waals surface area contributed by atoms with E-state index in [-0.39, 0.29) is 24.7 Å². The lowest BCUT2D eigenvalue weighted by molar-refractivity contribution is -0.128. The van der Waals surface area contributed by atoms with Crippen LogP contribution in [0.3, 0.4) is 0 Å². The van der Waals surface area contributed by atoms with E-state index in [0.29, 0.717) is 0 Å². The third kappa shape index (κ3) is 4.96. The van der Waals surface area contributed by atoms with Crippen LogP contribution < -0.4 is 5.32 Å². The number of carbonyl (C=O) groups is 1. The smallest absolute Gasteiger partial charge is 0.246 e. The summed E-state index contributed by atoms with van der Waals surface area (Å²) in [4.78, 5) is 15.0. The van der Waals surface area contributed by atoms with Crippen molar-refractivity contribution in [2.45, 2.75) is 43.9 Å². The molecular weight excluding hydrogens is 336 g/mol. The van der Waals surface area contributed by atoms with Gasteiger partial charge in [0.25, 0.3) is 0 Å². The largest absolute Gasteiger partial charge is 0.359 e. The molecule has 27 heavy (non-hydrogen) atoms. The SMILES string of the molecule is O=C(COC(c1ccccc1)c1ccccc1)NC1CCN(C2CC2)CC1. The zero-order valence-electron chi connectivity index (χ0n) is 15.7. The molecule has 0 bridgehead atoms. The number of hydrogen-bond acceptors (Lipinski definition) is 3. The Bertz CT molecular complexity index is 683. The quantitative estimate of drug-likeness (QED) is 0.817. The maximum absolute atomic E-state index is 12.5. The number of rotatable bonds is 7. The lowest BCUT2D eigenvalue weighted by Gasteiger charge is -2.32. The summed E-state index contributed by atoms with van der Waals surface area (Å²) in [7, 11) is 0. The lowest BCUT2D eigenvalue weighted by atomic mass is 10.0. The van der Waals surface area contributed by atoms with Gasteiger partial charge >= 0.3 is 0 Å². The minimum absolute atomic E-state index is 0.0169. The minimum atomic E-state index is -0.227. The third-order valence-corrected chi connectivity index (χ3v) is 5.54. The van der Waals surface area contributed by atoms with Crippen molar-refractivity contribution in [1.82, 2.24) is 10.2 Å². The fourth-order valence-corrected chi connectivity index (χ4v) is 3.92. The zero-order chi connectivity index (χ0) is 18.5. The van der Waals surface area contributed by atoms with E-state index in [1.165, 1.54) is 12.8 Å². The zero-order valence-corrected chi connectivity index (χ0v) is 15.7. The van der Waals surface area contributed by atoms with E-state index in [1.807, 2.05) is 60.7 Å². The maximum atomic E-state index is 12.5. The van der Waals surface area contributed by atoms with Crippen LogP contribution in [-0.2, 0) is 9.53 Å². The summed E-state index contributed by atoms with van der Waals surface area (Å²) in [6.45, 7) is 2.29. The molecule has 1 aliphatic heterocycles. The van der Waals surface area contributed by atoms with Gasteiger partial charge in [-0.05, 0) is 36.8 Å². The first kappa shape index (κ1) is 18.2. The Labute approximate surface area is 161 Å². The molecule has 4 heteroatoms. The number of nitrogens with one attached hydrogen (secondary N) is 1. The summed E-state index contributed by atoms with van der Waals surface area (Å²) >= 11 is 0. The van der Waals surface area contributed by atoms with E-state index in [0.717, 1.165) is 43.1 Å². The first-order chi connectivity index (χ1) is 13.3. The van der Waals surface area contributed by atoms with Crippen LogP contribution in [0.15, 0.2) is 60.7 Å². The van der Waals surface area contributed by atoms with Gasteiger partial charge in [-0.1, -0.05) is 60.7 Å². The number of amides is 1. The maximum Gasteiger partial charge on any atom is 0.246 e. The van der Waals surface area contributed by atoms with Crippen LogP contribution in [0.2, 0.25) is 0 Å². The molecule has 1 N–H and O–H groups in total. The molecule has 1 aliphatic carbocycles. The second-order valence-electron chi connectivity index (χ2n) is 7.62. The molecule has 0 unspecified atom stereocenters. The predicted octanol–water partition coefficient (Wildman–Crippen LogP) is 3.54. The highest BCUT2D eigenvalue weighted by molar-refractivity contribution is 5.77. The molecule has 1 heterocycles. The fourth-order valence-electron chi connectivity index (χ4n) is 3.92. The van der Waals surface area contributed by atoms with Crippen LogP contribution in [0.25, 0.3) is 0 Å². The Hall–Kier alpha value is -2.17. The van der Waals surface area contributed by atoms with E-state index >= 15 is 0 Å². The van der Waals surface area contributed by atoms with Gasteiger partial charge in [-0.25, -0.2) is 0 Å². The van der Waals surface area contributed by atoms with E-state index < -0.39 is 0 Å². The molecule has 2 aliphatic rings. The second kappa shape index (κ2) is 8.68. The molecule has 2 fully saturated rings. The van der Waals surface area contributed by atoms with Crippen molar-refractivity contribution in [3.8, 4) is 0 Å². The molecule has 0 radical (unpaired) electrons. The van der Waals surface area contributed by atoms with Gasteiger partial charge in [0.05, 0.1) is 0 Å². The van der Waals surface area contributed by atoms with Crippen molar-refractivity contribution in [1.29, 1.82) is 0 Å². The van der Waals surface area contributed by atoms with Crippen molar-refractivity contribution in [3.05, 3.63) is 71.8 Å². The average molecular weight is 364 g/mol. The van der Waals surface area contributed by atoms with Crippen LogP contribution in [-0.4, -0.2) is 42.6 Å². The topological polar surface area (TPSA) is 41.6 Å². The van der Waals surface area contributed by atoms with E-state index in [1.54, 1.807) is 0 Å². The molecule has 1 saturated carbocycles. The molecule has 4 nitrogen and oxygen atoms in total. The highest BCUT2D eigenvalue weighted by Crippen LogP contribution is 2.29. The van der Waals surface area contributed by atoms with Gasteiger partial charge in [0.2, 0.25) is 5.91 Å². The molecule has 142 valence electrons. The number of likely N-dealkylation sites (tertiary alicyclic amines) is 1. The van der Waals surface area contributed by atoms with Crippen LogP contribution in [0.4, 0.5) is 0 Å². The van der Waals surface area contributed by atoms with Crippen molar-refractivity contribution in [2.75, 3.05) is 19.7 Å². The van der Waals surface area contributed by atoms with Crippen LogP contribution in [0.5, 0.6) is 0 Å². The summed E-state index contributed by atoms with van der Waals surface area (Å²) in [5.74, 6) is -0.0169. The van der Waals surface area contributed by atoms with Crippen LogP contribution in [0.1, 0.15) is 42.9 Å². The molecule has 0 spiro atoms. The summed E-state index contributed by atoms with van der Waals surface area (Å²) in [6, 6.07) is 21.3. The highest BCUT2D eigenvalue weighted by Gasteiger charge is 2.32. The van der Waals surface area contributed by atoms with Gasteiger partial charge in [-0.15, -0.1) is 0 Å². The highest BCUT2D eigenvalue weighted by atomic mass is 16.5.